The lowest BCUT2D eigenvalue weighted by atomic mass is 10.2. The highest BCUT2D eigenvalue weighted by atomic mass is 127. The number of rotatable bonds is 16. The SMILES string of the molecule is CN(CCCOPI)C(=O)/C(NCc1ccc(Cl)cc1)=C(/N=C/SCc1cccc(OC(F)(F)F)c1)N(C)C=O. The largest absolute Gasteiger partial charge is 0.573 e. The zero-order valence-corrected chi connectivity index (χ0v) is 26.3. The second-order valence-electron chi connectivity index (χ2n) is 8.14. The number of benzene rings is 2. The predicted molar refractivity (Wildman–Crippen MR) is 163 cm³/mol. The Morgan fingerprint density at radius 3 is 2.58 bits per heavy atom. The third-order valence-corrected chi connectivity index (χ3v) is 7.34. The quantitative estimate of drug-likeness (QED) is 0.0412. The molecule has 2 aromatic rings. The molecule has 218 valence electrons. The van der Waals surface area contributed by atoms with E-state index < -0.39 is 6.36 Å². The van der Waals surface area contributed by atoms with E-state index in [1.165, 1.54) is 52.4 Å². The van der Waals surface area contributed by atoms with Gasteiger partial charge < -0.3 is 24.4 Å². The van der Waals surface area contributed by atoms with Crippen molar-refractivity contribution < 1.29 is 32.0 Å². The smallest absolute Gasteiger partial charge is 0.406 e. The molecule has 0 fully saturated rings. The number of carbonyl (C=O) groups excluding carboxylic acids is 2. The first-order chi connectivity index (χ1) is 19.0. The first-order valence-electron chi connectivity index (χ1n) is 11.7. The second kappa shape index (κ2) is 17.7. The van der Waals surface area contributed by atoms with E-state index in [9.17, 15) is 22.8 Å². The van der Waals surface area contributed by atoms with Gasteiger partial charge in [-0.15, -0.1) is 24.9 Å². The molecule has 40 heavy (non-hydrogen) atoms. The minimum absolute atomic E-state index is 0.0764. The summed E-state index contributed by atoms with van der Waals surface area (Å²) in [5.41, 5.74) is 2.94. The van der Waals surface area contributed by atoms with Gasteiger partial charge in [-0.25, -0.2) is 4.99 Å². The van der Waals surface area contributed by atoms with Crippen molar-refractivity contribution in [1.82, 2.24) is 15.1 Å². The standard InChI is InChI=1S/C25H28ClF3IN4O4PS/c1-33(11-4-12-37-39-30)24(36)22(31-14-18-7-9-20(26)10-8-18)23(34(2)17-35)32-16-40-15-19-5-3-6-21(13-19)38-25(27,28)29/h3,5-10,13,16-17,31,39H,4,11-12,14-15H2,1-2H3/b23-22+,32-16+. The van der Waals surface area contributed by atoms with Crippen molar-refractivity contribution in [2.45, 2.75) is 25.1 Å². The van der Waals surface area contributed by atoms with E-state index in [2.05, 4.69) is 37.1 Å². The summed E-state index contributed by atoms with van der Waals surface area (Å²) in [5.74, 6) is -0.355. The van der Waals surface area contributed by atoms with Crippen LogP contribution in [0.5, 0.6) is 5.75 Å². The number of hydrogen-bond acceptors (Lipinski definition) is 7. The molecule has 0 aliphatic rings. The highest BCUT2D eigenvalue weighted by Crippen LogP contribution is 2.25. The first-order valence-corrected chi connectivity index (χ1v) is 17.1. The van der Waals surface area contributed by atoms with Crippen LogP contribution in [-0.2, 0) is 26.4 Å². The van der Waals surface area contributed by atoms with Crippen molar-refractivity contribution in [1.29, 1.82) is 0 Å². The van der Waals surface area contributed by atoms with E-state index in [-0.39, 0.29) is 35.5 Å². The molecule has 0 aromatic heterocycles. The maximum Gasteiger partial charge on any atom is 0.573 e. The number of carbonyl (C=O) groups is 2. The highest BCUT2D eigenvalue weighted by molar-refractivity contribution is 14.2. The van der Waals surface area contributed by atoms with E-state index in [1.807, 2.05) is 12.1 Å². The molecule has 2 amide bonds. The van der Waals surface area contributed by atoms with Crippen LogP contribution >= 0.6 is 51.9 Å². The number of thioether (sulfide) groups is 1. The van der Waals surface area contributed by atoms with Gasteiger partial charge in [0.15, 0.2) is 5.82 Å². The normalized spacial score (nSPS) is 12.5. The van der Waals surface area contributed by atoms with Crippen LogP contribution in [0, 0.1) is 0 Å². The molecule has 0 spiro atoms. The number of nitrogens with one attached hydrogen (secondary N) is 1. The van der Waals surface area contributed by atoms with Gasteiger partial charge in [0.05, 0.1) is 18.6 Å². The predicted octanol–water partition coefficient (Wildman–Crippen LogP) is 6.36. The average molecular weight is 731 g/mol. The van der Waals surface area contributed by atoms with E-state index in [0.717, 1.165) is 5.56 Å². The second-order valence-corrected chi connectivity index (χ2v) is 11.2. The third-order valence-electron chi connectivity index (χ3n) is 5.08. The molecule has 15 heteroatoms. The number of alkyl halides is 3. The Morgan fingerprint density at radius 2 is 1.93 bits per heavy atom. The number of halogens is 5. The molecule has 0 bridgehead atoms. The van der Waals surface area contributed by atoms with Gasteiger partial charge in [0.2, 0.25) is 6.41 Å². The van der Waals surface area contributed by atoms with Crippen LogP contribution in [0.2, 0.25) is 5.02 Å². The van der Waals surface area contributed by atoms with Gasteiger partial charge >= 0.3 is 6.36 Å². The maximum absolute atomic E-state index is 13.5. The Hall–Kier alpha value is -2.06. The number of likely N-dealkylation sites (N-methyl/N-ethyl adjacent to an activating group) is 1. The highest BCUT2D eigenvalue weighted by Gasteiger charge is 2.31. The van der Waals surface area contributed by atoms with E-state index in [1.54, 1.807) is 25.2 Å². The lowest BCUT2D eigenvalue weighted by Crippen LogP contribution is -2.37. The molecule has 8 nitrogen and oxygen atoms in total. The number of nitrogens with zero attached hydrogens (tertiary/aromatic N) is 3. The zero-order chi connectivity index (χ0) is 29.5. The summed E-state index contributed by atoms with van der Waals surface area (Å²) in [5, 5.41) is 3.68. The monoisotopic (exact) mass is 730 g/mol. The first kappa shape index (κ1) is 34.1. The fourth-order valence-corrected chi connectivity index (χ4v) is 4.81. The molecule has 2 aromatic carbocycles. The van der Waals surface area contributed by atoms with Crippen LogP contribution in [-0.4, -0.2) is 61.3 Å². The fourth-order valence-electron chi connectivity index (χ4n) is 3.18. The van der Waals surface area contributed by atoms with E-state index in [0.29, 0.717) is 43.0 Å². The van der Waals surface area contributed by atoms with Crippen LogP contribution < -0.4 is 10.1 Å². The van der Waals surface area contributed by atoms with Gasteiger partial charge in [0.1, 0.15) is 11.4 Å². The third kappa shape index (κ3) is 12.6. The Kier molecular flexibility index (Phi) is 15.1. The van der Waals surface area contributed by atoms with Crippen molar-refractivity contribution in [3.8, 4) is 5.75 Å². The number of hydrogen-bond donors (Lipinski definition) is 1. The van der Waals surface area contributed by atoms with Crippen molar-refractivity contribution in [2.75, 3.05) is 27.2 Å². The molecule has 1 N–H and O–H groups in total. The molecule has 2 rings (SSSR count). The molecule has 1 unspecified atom stereocenters. The lowest BCUT2D eigenvalue weighted by Gasteiger charge is -2.23. The van der Waals surface area contributed by atoms with Gasteiger partial charge in [0, 0.05) is 38.0 Å². The molecular weight excluding hydrogens is 703 g/mol. The molecule has 0 radical (unpaired) electrons. The van der Waals surface area contributed by atoms with Gasteiger partial charge in [-0.3, -0.25) is 9.59 Å². The zero-order valence-electron chi connectivity index (χ0n) is 21.6. The molecule has 0 aliphatic heterocycles. The van der Waals surface area contributed by atoms with Crippen LogP contribution in [0.15, 0.2) is 65.0 Å². The number of aliphatic imine (C=N–C) groups is 1. The Balaban J connectivity index is 2.27. The Bertz CT molecular complexity index is 1180. The van der Waals surface area contributed by atoms with Crippen molar-refractivity contribution >= 4 is 69.7 Å². The molecule has 0 saturated heterocycles. The van der Waals surface area contributed by atoms with Crippen molar-refractivity contribution in [3.63, 3.8) is 0 Å². The lowest BCUT2D eigenvalue weighted by molar-refractivity contribution is -0.274. The summed E-state index contributed by atoms with van der Waals surface area (Å²) in [6.07, 6.45) is -3.63. The van der Waals surface area contributed by atoms with E-state index >= 15 is 0 Å². The van der Waals surface area contributed by atoms with E-state index in [4.69, 9.17) is 16.1 Å². The summed E-state index contributed by atoms with van der Waals surface area (Å²) in [4.78, 5) is 32.3. The van der Waals surface area contributed by atoms with Crippen LogP contribution in [0.25, 0.3) is 0 Å². The molecular formula is C25H28ClF3IN4O4PS. The van der Waals surface area contributed by atoms with Crippen LogP contribution in [0.1, 0.15) is 17.5 Å². The minimum atomic E-state index is -4.79. The Labute approximate surface area is 255 Å². The summed E-state index contributed by atoms with van der Waals surface area (Å²) >= 11 is 9.27. The summed E-state index contributed by atoms with van der Waals surface area (Å²) < 4.78 is 46.9. The van der Waals surface area contributed by atoms with Crippen molar-refractivity contribution in [2.24, 2.45) is 4.99 Å². The van der Waals surface area contributed by atoms with Gasteiger partial charge in [-0.2, -0.15) is 0 Å². The Morgan fingerprint density at radius 1 is 1.20 bits per heavy atom. The van der Waals surface area contributed by atoms with Crippen molar-refractivity contribution in [3.05, 3.63) is 76.2 Å². The maximum atomic E-state index is 13.5. The van der Waals surface area contributed by atoms with Gasteiger partial charge in [-0.1, -0.05) is 35.9 Å². The number of ether oxygens (including phenoxy) is 1. The molecule has 0 saturated carbocycles. The molecule has 1 atom stereocenters. The van der Waals surface area contributed by atoms with Crippen LogP contribution in [0.3, 0.4) is 0 Å². The fraction of sp³-hybridized carbons (Fsp3) is 0.320. The minimum Gasteiger partial charge on any atom is -0.406 e. The average Bonchev–Trinajstić information content (AvgIpc) is 2.91. The number of amides is 2. The summed E-state index contributed by atoms with van der Waals surface area (Å²) in [6.45, 7) is 1.50. The van der Waals surface area contributed by atoms with Gasteiger partial charge in [0.25, 0.3) is 5.91 Å². The molecule has 0 heterocycles. The topological polar surface area (TPSA) is 83.5 Å². The summed E-state index contributed by atoms with van der Waals surface area (Å²) in [7, 11) is 3.11. The van der Waals surface area contributed by atoms with Crippen LogP contribution in [0.4, 0.5) is 13.2 Å². The summed E-state index contributed by atoms with van der Waals surface area (Å²) in [6, 6.07) is 12.7. The molecule has 0 aliphatic carbocycles. The van der Waals surface area contributed by atoms with Gasteiger partial charge in [-0.05, 0) is 63.9 Å².